The highest BCUT2D eigenvalue weighted by molar-refractivity contribution is 6.35. The summed E-state index contributed by atoms with van der Waals surface area (Å²) >= 11 is 6.31. The summed E-state index contributed by atoms with van der Waals surface area (Å²) in [6.07, 6.45) is 1.02. The number of hydrogen-bond acceptors (Lipinski definition) is 3. The number of anilines is 1. The van der Waals surface area contributed by atoms with Gasteiger partial charge in [-0.3, -0.25) is 14.5 Å². The Morgan fingerprint density at radius 2 is 2.00 bits per heavy atom. The Morgan fingerprint density at radius 1 is 1.29 bits per heavy atom. The molecule has 8 heteroatoms. The monoisotopic (exact) mass is 402 g/mol. The average molecular weight is 403 g/mol. The van der Waals surface area contributed by atoms with Crippen molar-refractivity contribution in [3.63, 3.8) is 0 Å². The first-order chi connectivity index (χ1) is 13.2. The van der Waals surface area contributed by atoms with Crippen molar-refractivity contribution >= 4 is 35.1 Å². The SMILES string of the molecule is Cc1c(C(N)=O)ccc(N2C=C(C(=O)O)C(c3cccc(F)c3)CC2=O)c1Cl. The van der Waals surface area contributed by atoms with Crippen molar-refractivity contribution < 1.29 is 23.9 Å². The minimum atomic E-state index is -1.23. The van der Waals surface area contributed by atoms with Crippen LogP contribution in [-0.4, -0.2) is 22.9 Å². The smallest absolute Gasteiger partial charge is 0.333 e. The van der Waals surface area contributed by atoms with E-state index in [2.05, 4.69) is 0 Å². The van der Waals surface area contributed by atoms with Crippen molar-refractivity contribution in [2.24, 2.45) is 5.73 Å². The largest absolute Gasteiger partial charge is 0.478 e. The molecular weight excluding hydrogens is 387 g/mol. The van der Waals surface area contributed by atoms with E-state index in [-0.39, 0.29) is 28.3 Å². The van der Waals surface area contributed by atoms with Crippen LogP contribution in [0.5, 0.6) is 0 Å². The van der Waals surface area contributed by atoms with Crippen LogP contribution in [0.4, 0.5) is 10.1 Å². The number of aliphatic carboxylic acids is 1. The quantitative estimate of drug-likeness (QED) is 0.818. The van der Waals surface area contributed by atoms with Crippen LogP contribution in [-0.2, 0) is 9.59 Å². The molecule has 0 aliphatic carbocycles. The Balaban J connectivity index is 2.09. The molecular formula is C20H16ClFN2O4. The van der Waals surface area contributed by atoms with Gasteiger partial charge in [0.15, 0.2) is 0 Å². The third kappa shape index (κ3) is 3.48. The first kappa shape index (κ1) is 19.6. The summed E-state index contributed by atoms with van der Waals surface area (Å²) < 4.78 is 13.6. The molecule has 1 unspecified atom stereocenters. The molecule has 0 spiro atoms. The van der Waals surface area contributed by atoms with Crippen molar-refractivity contribution in [3.8, 4) is 0 Å². The molecule has 2 amide bonds. The maximum absolute atomic E-state index is 13.6. The summed E-state index contributed by atoms with van der Waals surface area (Å²) in [5, 5.41) is 9.76. The van der Waals surface area contributed by atoms with Crippen molar-refractivity contribution in [1.82, 2.24) is 0 Å². The van der Waals surface area contributed by atoms with Crippen LogP contribution in [0.25, 0.3) is 0 Å². The standard InChI is InChI=1S/C20H16ClFN2O4/c1-10-13(19(23)26)5-6-16(18(10)21)24-9-15(20(27)28)14(8-17(24)25)11-3-2-4-12(22)7-11/h2-7,9,14H,8H2,1H3,(H2,23,26)(H,27,28). The molecule has 1 aliphatic rings. The number of rotatable bonds is 4. The van der Waals surface area contributed by atoms with Crippen LogP contribution in [0.3, 0.4) is 0 Å². The van der Waals surface area contributed by atoms with Crippen molar-refractivity contribution in [2.45, 2.75) is 19.3 Å². The fourth-order valence-corrected chi connectivity index (χ4v) is 3.49. The summed E-state index contributed by atoms with van der Waals surface area (Å²) in [7, 11) is 0. The second-order valence-corrected chi connectivity index (χ2v) is 6.78. The van der Waals surface area contributed by atoms with Gasteiger partial charge in [0, 0.05) is 24.1 Å². The molecule has 1 atom stereocenters. The second-order valence-electron chi connectivity index (χ2n) is 6.40. The number of benzene rings is 2. The van der Waals surface area contributed by atoms with Gasteiger partial charge in [0.05, 0.1) is 16.3 Å². The van der Waals surface area contributed by atoms with Crippen molar-refractivity contribution in [3.05, 3.63) is 75.7 Å². The van der Waals surface area contributed by atoms with E-state index in [0.717, 1.165) is 4.90 Å². The average Bonchev–Trinajstić information content (AvgIpc) is 2.63. The van der Waals surface area contributed by atoms with Gasteiger partial charge in [0.25, 0.3) is 0 Å². The third-order valence-corrected chi connectivity index (χ3v) is 5.16. The van der Waals surface area contributed by atoms with Crippen molar-refractivity contribution in [2.75, 3.05) is 4.90 Å². The maximum Gasteiger partial charge on any atom is 0.333 e. The minimum Gasteiger partial charge on any atom is -0.478 e. The van der Waals surface area contributed by atoms with Crippen LogP contribution < -0.4 is 10.6 Å². The fraction of sp³-hybridized carbons (Fsp3) is 0.150. The van der Waals surface area contributed by atoms with Gasteiger partial charge in [0.1, 0.15) is 5.82 Å². The summed E-state index contributed by atoms with van der Waals surface area (Å²) in [4.78, 5) is 37.2. The van der Waals surface area contributed by atoms with Gasteiger partial charge >= 0.3 is 5.97 Å². The van der Waals surface area contributed by atoms with E-state index >= 15 is 0 Å². The van der Waals surface area contributed by atoms with Gasteiger partial charge in [-0.2, -0.15) is 0 Å². The lowest BCUT2D eigenvalue weighted by Gasteiger charge is -2.30. The number of nitrogens with zero attached hydrogens (tertiary/aromatic N) is 1. The molecule has 144 valence electrons. The normalized spacial score (nSPS) is 16.7. The number of amides is 2. The fourth-order valence-electron chi connectivity index (χ4n) is 3.24. The van der Waals surface area contributed by atoms with Crippen molar-refractivity contribution in [1.29, 1.82) is 0 Å². The van der Waals surface area contributed by atoms with Gasteiger partial charge in [0.2, 0.25) is 11.8 Å². The Labute approximate surface area is 165 Å². The van der Waals surface area contributed by atoms with E-state index in [4.69, 9.17) is 17.3 Å². The van der Waals surface area contributed by atoms with Gasteiger partial charge in [-0.05, 0) is 42.3 Å². The number of hydrogen-bond donors (Lipinski definition) is 2. The lowest BCUT2D eigenvalue weighted by Crippen LogP contribution is -2.34. The van der Waals surface area contributed by atoms with E-state index < -0.39 is 29.5 Å². The Morgan fingerprint density at radius 3 is 2.61 bits per heavy atom. The number of halogens is 2. The number of primary amides is 1. The maximum atomic E-state index is 13.6. The summed E-state index contributed by atoms with van der Waals surface area (Å²) in [5.74, 6) is -3.61. The molecule has 2 aromatic carbocycles. The summed E-state index contributed by atoms with van der Waals surface area (Å²) in [5.41, 5.74) is 6.46. The van der Waals surface area contributed by atoms with E-state index in [0.29, 0.717) is 11.1 Å². The Bertz CT molecular complexity index is 1030. The number of nitrogens with two attached hydrogens (primary N) is 1. The first-order valence-electron chi connectivity index (χ1n) is 8.32. The lowest BCUT2D eigenvalue weighted by atomic mass is 9.85. The van der Waals surface area contributed by atoms with Gasteiger partial charge in [-0.1, -0.05) is 23.7 Å². The van der Waals surface area contributed by atoms with Gasteiger partial charge < -0.3 is 10.8 Å². The molecule has 0 saturated heterocycles. The predicted molar refractivity (Wildman–Crippen MR) is 102 cm³/mol. The molecule has 0 fully saturated rings. The number of carbonyl (C=O) groups excluding carboxylic acids is 2. The highest BCUT2D eigenvalue weighted by Gasteiger charge is 2.34. The van der Waals surface area contributed by atoms with E-state index in [9.17, 15) is 23.9 Å². The third-order valence-electron chi connectivity index (χ3n) is 4.68. The molecule has 0 radical (unpaired) electrons. The van der Waals surface area contributed by atoms with E-state index in [1.165, 1.54) is 36.5 Å². The zero-order chi connectivity index (χ0) is 20.6. The molecule has 6 nitrogen and oxygen atoms in total. The van der Waals surface area contributed by atoms with Crippen LogP contribution in [0.2, 0.25) is 5.02 Å². The lowest BCUT2D eigenvalue weighted by molar-refractivity contribution is -0.133. The second kappa shape index (κ2) is 7.44. The topological polar surface area (TPSA) is 101 Å². The Kier molecular flexibility index (Phi) is 5.20. The molecule has 2 aromatic rings. The van der Waals surface area contributed by atoms with E-state index in [1.807, 2.05) is 0 Å². The van der Waals surface area contributed by atoms with Gasteiger partial charge in [-0.15, -0.1) is 0 Å². The number of carbonyl (C=O) groups is 3. The molecule has 28 heavy (non-hydrogen) atoms. The minimum absolute atomic E-state index is 0.0714. The highest BCUT2D eigenvalue weighted by Crippen LogP contribution is 2.38. The number of carboxylic acids is 1. The number of carboxylic acid groups (broad SMARTS) is 1. The molecule has 3 N–H and O–H groups in total. The molecule has 0 aromatic heterocycles. The molecule has 1 heterocycles. The predicted octanol–water partition coefficient (Wildman–Crippen LogP) is 3.38. The molecule has 0 bridgehead atoms. The first-order valence-corrected chi connectivity index (χ1v) is 8.70. The van der Waals surface area contributed by atoms with Crippen LogP contribution >= 0.6 is 11.6 Å². The van der Waals surface area contributed by atoms with Crippen LogP contribution in [0, 0.1) is 12.7 Å². The zero-order valence-corrected chi connectivity index (χ0v) is 15.5. The summed E-state index contributed by atoms with van der Waals surface area (Å²) in [6.45, 7) is 1.58. The van der Waals surface area contributed by atoms with E-state index in [1.54, 1.807) is 13.0 Å². The zero-order valence-electron chi connectivity index (χ0n) is 14.8. The summed E-state index contributed by atoms with van der Waals surface area (Å²) in [6, 6.07) is 8.36. The molecule has 1 aliphatic heterocycles. The van der Waals surface area contributed by atoms with Crippen LogP contribution in [0.1, 0.15) is 33.8 Å². The van der Waals surface area contributed by atoms with Crippen LogP contribution in [0.15, 0.2) is 48.2 Å². The Hall–Kier alpha value is -3.19. The molecule has 3 rings (SSSR count). The van der Waals surface area contributed by atoms with Gasteiger partial charge in [-0.25, -0.2) is 9.18 Å². The highest BCUT2D eigenvalue weighted by atomic mass is 35.5. The molecule has 0 saturated carbocycles.